The highest BCUT2D eigenvalue weighted by Crippen LogP contribution is 2.65. The van der Waals surface area contributed by atoms with Gasteiger partial charge in [-0.2, -0.15) is 0 Å². The predicted molar refractivity (Wildman–Crippen MR) is 92.3 cm³/mol. The van der Waals surface area contributed by atoms with Gasteiger partial charge in [-0.25, -0.2) is 0 Å². The molecule has 0 aliphatic heterocycles. The molecule has 3 nitrogen and oxygen atoms in total. The number of hydrogen-bond acceptors (Lipinski definition) is 3. The maximum Gasteiger partial charge on any atom is 0.302 e. The van der Waals surface area contributed by atoms with E-state index >= 15 is 0 Å². The average molecular weight is 332 g/mol. The summed E-state index contributed by atoms with van der Waals surface area (Å²) in [6.45, 7) is 6.30. The SMILES string of the molecule is CC(=O)O[C@H]1CC[C@@]2(C)[C@H](CC[C@@H]3[C@@H]2CC[C@]2(C)C(=O)CC[C@@H]32)C1. The van der Waals surface area contributed by atoms with E-state index < -0.39 is 0 Å². The Morgan fingerprint density at radius 2 is 1.83 bits per heavy atom. The summed E-state index contributed by atoms with van der Waals surface area (Å²) in [4.78, 5) is 23.8. The van der Waals surface area contributed by atoms with Crippen LogP contribution >= 0.6 is 0 Å². The van der Waals surface area contributed by atoms with Crippen LogP contribution in [0.3, 0.4) is 0 Å². The second-order valence-corrected chi connectivity index (χ2v) is 9.58. The molecule has 0 amide bonds. The highest BCUT2D eigenvalue weighted by molar-refractivity contribution is 5.87. The van der Waals surface area contributed by atoms with E-state index in [2.05, 4.69) is 13.8 Å². The molecule has 0 N–H and O–H groups in total. The summed E-state index contributed by atoms with van der Waals surface area (Å²) in [7, 11) is 0. The molecular formula is C21H32O3. The molecule has 4 aliphatic carbocycles. The van der Waals surface area contributed by atoms with Crippen molar-refractivity contribution in [3.63, 3.8) is 0 Å². The van der Waals surface area contributed by atoms with Crippen LogP contribution in [-0.4, -0.2) is 17.9 Å². The number of ether oxygens (including phenoxy) is 1. The van der Waals surface area contributed by atoms with Gasteiger partial charge >= 0.3 is 5.97 Å². The Morgan fingerprint density at radius 3 is 2.58 bits per heavy atom. The van der Waals surface area contributed by atoms with Crippen molar-refractivity contribution < 1.29 is 14.3 Å². The van der Waals surface area contributed by atoms with Crippen LogP contribution in [0, 0.1) is 34.5 Å². The molecule has 0 aromatic rings. The Hall–Kier alpha value is -0.860. The lowest BCUT2D eigenvalue weighted by atomic mass is 9.45. The molecule has 3 heteroatoms. The Kier molecular flexibility index (Phi) is 3.85. The van der Waals surface area contributed by atoms with E-state index in [1.807, 2.05) is 0 Å². The van der Waals surface area contributed by atoms with E-state index in [-0.39, 0.29) is 17.5 Å². The smallest absolute Gasteiger partial charge is 0.302 e. The molecule has 4 aliphatic rings. The quantitative estimate of drug-likeness (QED) is 0.663. The molecule has 0 saturated heterocycles. The lowest BCUT2D eigenvalue weighted by Crippen LogP contribution is -2.54. The van der Waals surface area contributed by atoms with E-state index in [0.717, 1.165) is 43.9 Å². The fourth-order valence-corrected chi connectivity index (χ4v) is 7.33. The lowest BCUT2D eigenvalue weighted by Gasteiger charge is -2.60. The van der Waals surface area contributed by atoms with Gasteiger partial charge in [-0.3, -0.25) is 9.59 Å². The van der Waals surface area contributed by atoms with Crippen LogP contribution < -0.4 is 0 Å². The summed E-state index contributed by atoms with van der Waals surface area (Å²) in [6.07, 6.45) is 10.2. The van der Waals surface area contributed by atoms with Crippen molar-refractivity contribution in [2.45, 2.75) is 84.7 Å². The maximum atomic E-state index is 12.5. The van der Waals surface area contributed by atoms with Crippen LogP contribution in [0.5, 0.6) is 0 Å². The third kappa shape index (κ3) is 2.29. The first-order valence-corrected chi connectivity index (χ1v) is 10.0. The number of rotatable bonds is 1. The first-order valence-electron chi connectivity index (χ1n) is 10.0. The molecule has 4 fully saturated rings. The van der Waals surface area contributed by atoms with E-state index in [0.29, 0.717) is 23.0 Å². The number of carbonyl (C=O) groups is 2. The van der Waals surface area contributed by atoms with Gasteiger partial charge in [0, 0.05) is 18.8 Å². The van der Waals surface area contributed by atoms with Gasteiger partial charge in [-0.15, -0.1) is 0 Å². The first kappa shape index (κ1) is 16.6. The van der Waals surface area contributed by atoms with E-state index in [9.17, 15) is 9.59 Å². The van der Waals surface area contributed by atoms with Gasteiger partial charge in [-0.1, -0.05) is 13.8 Å². The highest BCUT2D eigenvalue weighted by atomic mass is 16.5. The minimum absolute atomic E-state index is 0.0146. The van der Waals surface area contributed by atoms with Crippen LogP contribution in [0.25, 0.3) is 0 Å². The number of fused-ring (bicyclic) bond motifs is 5. The van der Waals surface area contributed by atoms with E-state index in [1.165, 1.54) is 32.6 Å². The molecule has 24 heavy (non-hydrogen) atoms. The molecule has 0 radical (unpaired) electrons. The number of carbonyl (C=O) groups excluding carboxylic acids is 2. The molecular weight excluding hydrogens is 300 g/mol. The second-order valence-electron chi connectivity index (χ2n) is 9.58. The molecule has 0 spiro atoms. The van der Waals surface area contributed by atoms with Gasteiger partial charge in [0.25, 0.3) is 0 Å². The summed E-state index contributed by atoms with van der Waals surface area (Å²) in [5.74, 6) is 3.26. The molecule has 0 aromatic carbocycles. The maximum absolute atomic E-state index is 12.5. The van der Waals surface area contributed by atoms with Gasteiger partial charge in [0.05, 0.1) is 0 Å². The molecule has 4 rings (SSSR count). The van der Waals surface area contributed by atoms with Crippen molar-refractivity contribution in [3.05, 3.63) is 0 Å². The average Bonchev–Trinajstić information content (AvgIpc) is 2.83. The number of hydrogen-bond donors (Lipinski definition) is 0. The van der Waals surface area contributed by atoms with Gasteiger partial charge in [0.15, 0.2) is 0 Å². The third-order valence-electron chi connectivity index (χ3n) is 8.66. The summed E-state index contributed by atoms with van der Waals surface area (Å²) in [5.41, 5.74) is 0.381. The lowest BCUT2D eigenvalue weighted by molar-refractivity contribution is -0.160. The molecule has 0 aromatic heterocycles. The Bertz CT molecular complexity index is 555. The molecule has 0 unspecified atom stereocenters. The summed E-state index contributed by atoms with van der Waals surface area (Å²) in [5, 5.41) is 0. The molecule has 0 heterocycles. The van der Waals surface area contributed by atoms with Crippen LogP contribution in [-0.2, 0) is 14.3 Å². The van der Waals surface area contributed by atoms with Crippen LogP contribution in [0.2, 0.25) is 0 Å². The fourth-order valence-electron chi connectivity index (χ4n) is 7.33. The molecule has 134 valence electrons. The van der Waals surface area contributed by atoms with Crippen molar-refractivity contribution in [2.24, 2.45) is 34.5 Å². The van der Waals surface area contributed by atoms with Crippen molar-refractivity contribution in [1.29, 1.82) is 0 Å². The van der Waals surface area contributed by atoms with Crippen LogP contribution in [0.15, 0.2) is 0 Å². The monoisotopic (exact) mass is 332 g/mol. The van der Waals surface area contributed by atoms with Gasteiger partial charge in [0.1, 0.15) is 11.9 Å². The van der Waals surface area contributed by atoms with Gasteiger partial charge in [-0.05, 0) is 80.5 Å². The number of esters is 1. The Balaban J connectivity index is 1.54. The van der Waals surface area contributed by atoms with E-state index in [4.69, 9.17) is 4.74 Å². The normalized spacial score (nSPS) is 50.6. The largest absolute Gasteiger partial charge is 0.463 e. The zero-order valence-corrected chi connectivity index (χ0v) is 15.5. The topological polar surface area (TPSA) is 43.4 Å². The predicted octanol–water partition coefficient (Wildman–Crippen LogP) is 4.53. The summed E-state index contributed by atoms with van der Waals surface area (Å²) >= 11 is 0. The standard InChI is InChI=1S/C21H32O3/c1-13(22)24-15-8-10-20(2)14(12-15)4-5-16-17-6-7-19(23)21(17,3)11-9-18(16)20/h14-18H,4-12H2,1-3H3/t14-,15+,16+,17+,18+,20+,21+/m1/s1. The second kappa shape index (κ2) is 5.57. The van der Waals surface area contributed by atoms with Crippen molar-refractivity contribution in [1.82, 2.24) is 0 Å². The Morgan fingerprint density at radius 1 is 1.04 bits per heavy atom. The van der Waals surface area contributed by atoms with Gasteiger partial charge < -0.3 is 4.74 Å². The van der Waals surface area contributed by atoms with Crippen molar-refractivity contribution in [3.8, 4) is 0 Å². The molecule has 7 atom stereocenters. The van der Waals surface area contributed by atoms with Crippen LogP contribution in [0.1, 0.15) is 78.6 Å². The minimum atomic E-state index is -0.129. The zero-order valence-electron chi connectivity index (χ0n) is 15.5. The van der Waals surface area contributed by atoms with Crippen LogP contribution in [0.4, 0.5) is 0 Å². The third-order valence-corrected chi connectivity index (χ3v) is 8.66. The molecule has 4 saturated carbocycles. The Labute approximate surface area is 145 Å². The zero-order chi connectivity index (χ0) is 17.1. The fraction of sp³-hybridized carbons (Fsp3) is 0.905. The van der Waals surface area contributed by atoms with Gasteiger partial charge in [0.2, 0.25) is 0 Å². The molecule has 0 bridgehead atoms. The first-order chi connectivity index (χ1) is 11.3. The summed E-state index contributed by atoms with van der Waals surface area (Å²) < 4.78 is 5.54. The summed E-state index contributed by atoms with van der Waals surface area (Å²) in [6, 6.07) is 0. The highest BCUT2D eigenvalue weighted by Gasteiger charge is 2.60. The van der Waals surface area contributed by atoms with Crippen molar-refractivity contribution >= 4 is 11.8 Å². The van der Waals surface area contributed by atoms with E-state index in [1.54, 1.807) is 0 Å². The number of Topliss-reactive ketones (excluding diaryl/α,β-unsaturated/α-hetero) is 1. The minimum Gasteiger partial charge on any atom is -0.463 e. The van der Waals surface area contributed by atoms with Crippen molar-refractivity contribution in [2.75, 3.05) is 0 Å². The number of ketones is 1.